The molecule has 6 nitrogen and oxygen atoms in total. The molecule has 0 aliphatic heterocycles. The monoisotopic (exact) mass is 1020 g/mol. The average Bonchev–Trinajstić information content (AvgIpc) is 3.86. The number of benzene rings is 8. The molecule has 0 bridgehead atoms. The molecular formula is C58H40N4O2Pt-2. The minimum Gasteiger partial charge on any atom is -0.0561 e. The van der Waals surface area contributed by atoms with E-state index in [2.05, 4.69) is 152 Å². The molecule has 0 atom stereocenters. The van der Waals surface area contributed by atoms with Crippen LogP contribution in [0.3, 0.4) is 0 Å². The number of hydrogen-bond acceptors (Lipinski definition) is 3. The maximum atomic E-state index is 9.10. The second-order valence-corrected chi connectivity index (χ2v) is 18.1. The van der Waals surface area contributed by atoms with E-state index in [4.69, 9.17) is 19.6 Å². The van der Waals surface area contributed by atoms with Crippen molar-refractivity contribution in [2.75, 3.05) is 0 Å². The van der Waals surface area contributed by atoms with Crippen LogP contribution in [0, 0.1) is 15.9 Å². The number of hydrogen-bond donors (Lipinski definition) is 0. The number of pyridine rings is 1. The summed E-state index contributed by atoms with van der Waals surface area (Å²) in [5, 5.41) is 2.93. The van der Waals surface area contributed by atoms with Gasteiger partial charge in [0.1, 0.15) is 0 Å². The molecule has 7 heteroatoms. The van der Waals surface area contributed by atoms with Crippen molar-refractivity contribution in [1.82, 2.24) is 18.5 Å². The molecule has 0 N–H and O–H groups in total. The van der Waals surface area contributed by atoms with Crippen molar-refractivity contribution in [1.29, 1.82) is 0 Å². The molecular weight excluding hydrogens is 980 g/mol. The van der Waals surface area contributed by atoms with Gasteiger partial charge in [-0.1, -0.05) is 32.9 Å². The third-order valence-corrected chi connectivity index (χ3v) is 13.1. The Kier molecular flexibility index (Phi) is 8.23. The molecule has 65 heavy (non-hydrogen) atoms. The number of fused-ring (bicyclic) bond motifs is 7. The Bertz CT molecular complexity index is 4110. The van der Waals surface area contributed by atoms with Gasteiger partial charge in [-0.15, -0.1) is 0 Å². The zero-order valence-electron chi connectivity index (χ0n) is 39.5. The first-order valence-electron chi connectivity index (χ1n) is 23.4. The van der Waals surface area contributed by atoms with E-state index in [9.17, 15) is 0 Å². The number of aromatic nitrogens is 4. The van der Waals surface area contributed by atoms with Gasteiger partial charge in [0, 0.05) is 6.20 Å². The zero-order chi connectivity index (χ0) is 47.3. The molecule has 0 saturated carbocycles. The second kappa shape index (κ2) is 15.3. The standard InChI is InChI=1S/C58H40N4O2.Pt/c1-58(2,3)40-32-33-59-55(34-40)62-49-25-12-10-20-45(49)46-30-28-41(35-51(46)62)63-42-29-31-54-52(36-42)61-37-60(50-26-15-24-48(57(50)61)47-21-11-13-27-53(47)64-54)56-43(38-16-6-4-7-17-38)22-14-23-44(56)39-18-8-5-9-19-39;/h4-34H,1-3H3;/q-2;/i10D,12D,20D,25D;. The van der Waals surface area contributed by atoms with E-state index in [0.29, 0.717) is 55.8 Å². The number of para-hydroxylation sites is 4. The summed E-state index contributed by atoms with van der Waals surface area (Å²) in [4.78, 5) is 4.75. The van der Waals surface area contributed by atoms with Crippen molar-refractivity contribution in [2.45, 2.75) is 26.2 Å². The van der Waals surface area contributed by atoms with Crippen LogP contribution in [-0.4, -0.2) is 18.5 Å². The Labute approximate surface area is 391 Å². The van der Waals surface area contributed by atoms with Crippen molar-refractivity contribution in [3.63, 3.8) is 0 Å². The van der Waals surface area contributed by atoms with Gasteiger partial charge in [-0.3, -0.25) is 0 Å². The Balaban J connectivity index is 1.13. The fraction of sp³-hybridized carbons (Fsp3) is 0.0690. The van der Waals surface area contributed by atoms with Crippen molar-refractivity contribution in [2.24, 2.45) is 0 Å². The van der Waals surface area contributed by atoms with Crippen LogP contribution in [-0.2, 0) is 24.8 Å². The minimum atomic E-state index is -0.322. The fourth-order valence-corrected chi connectivity index (χ4v) is 10.1. The summed E-state index contributed by atoms with van der Waals surface area (Å²) < 4.78 is 56.2. The van der Waals surface area contributed by atoms with E-state index >= 15 is 0 Å². The summed E-state index contributed by atoms with van der Waals surface area (Å²) in [6.07, 6.45) is 1.73. The molecule has 0 fully saturated rings. The summed E-state index contributed by atoms with van der Waals surface area (Å²) in [6.45, 7) is 6.36. The first kappa shape index (κ1) is 34.9. The van der Waals surface area contributed by atoms with Gasteiger partial charge in [0.25, 0.3) is 0 Å². The summed E-state index contributed by atoms with van der Waals surface area (Å²) in [5.74, 6) is 1.26. The SMILES string of the molecule is [2H]c1c([2H])c([2H])c2c(c1[2H])c1ccc(Oc3[c-]c4c(cc3)oc3ccccc3c3cccc5c3n4[c](=[Pt])n5-c3c(-c4ccccc4)cccc3-c3ccccc3)[c-]c1n2-c1cc(C(C)(C)C)ccn1. The van der Waals surface area contributed by atoms with Gasteiger partial charge in [-0.05, 0) is 17.0 Å². The second-order valence-electron chi connectivity index (χ2n) is 17.1. The van der Waals surface area contributed by atoms with Gasteiger partial charge in [0.2, 0.25) is 0 Å². The third kappa shape index (κ3) is 6.51. The quantitative estimate of drug-likeness (QED) is 0.156. The van der Waals surface area contributed by atoms with Crippen molar-refractivity contribution < 1.29 is 34.0 Å². The predicted octanol–water partition coefficient (Wildman–Crippen LogP) is 14.9. The van der Waals surface area contributed by atoms with Gasteiger partial charge in [0.15, 0.2) is 0 Å². The summed E-state index contributed by atoms with van der Waals surface area (Å²) in [7, 11) is 0. The van der Waals surface area contributed by atoms with Gasteiger partial charge in [-0.25, -0.2) is 0 Å². The Hall–Kier alpha value is -7.53. The van der Waals surface area contributed by atoms with Crippen LogP contribution in [0.25, 0.3) is 94.1 Å². The molecule has 0 aliphatic rings. The smallest absolute Gasteiger partial charge is 0.0561 e. The van der Waals surface area contributed by atoms with Gasteiger partial charge in [0.05, 0.1) is 5.48 Å². The van der Waals surface area contributed by atoms with E-state index in [0.717, 1.165) is 59.1 Å². The van der Waals surface area contributed by atoms with Crippen molar-refractivity contribution in [3.8, 4) is 45.3 Å². The molecule has 8 aromatic carbocycles. The zero-order valence-corrected chi connectivity index (χ0v) is 37.8. The molecule has 0 amide bonds. The molecule has 0 aliphatic carbocycles. The number of nitrogens with zero attached hydrogens (tertiary/aromatic N) is 4. The van der Waals surface area contributed by atoms with E-state index in [1.54, 1.807) is 16.8 Å². The normalized spacial score (nSPS) is 12.9. The van der Waals surface area contributed by atoms with Crippen LogP contribution in [0.1, 0.15) is 31.8 Å². The predicted molar refractivity (Wildman–Crippen MR) is 259 cm³/mol. The molecule has 316 valence electrons. The van der Waals surface area contributed by atoms with E-state index in [1.165, 1.54) is 0 Å². The number of imidazole rings is 1. The van der Waals surface area contributed by atoms with E-state index in [1.807, 2.05) is 60.7 Å². The summed E-state index contributed by atoms with van der Waals surface area (Å²) in [5.41, 5.74) is 10.9. The van der Waals surface area contributed by atoms with Crippen molar-refractivity contribution in [3.05, 3.63) is 210 Å². The van der Waals surface area contributed by atoms with Crippen LogP contribution in [0.2, 0.25) is 0 Å². The Morgan fingerprint density at radius 1 is 0.600 bits per heavy atom. The maximum absolute atomic E-state index is 9.10. The van der Waals surface area contributed by atoms with Gasteiger partial charge < -0.3 is 0 Å². The molecule has 12 aromatic rings. The summed E-state index contributed by atoms with van der Waals surface area (Å²) >= 11 is 2.44. The Morgan fingerprint density at radius 2 is 1.26 bits per heavy atom. The molecule has 4 aromatic heterocycles. The topological polar surface area (TPSA) is 49.5 Å². The van der Waals surface area contributed by atoms with Crippen LogP contribution in [0.5, 0.6) is 11.5 Å². The van der Waals surface area contributed by atoms with Gasteiger partial charge in [-0.2, -0.15) is 0 Å². The molecule has 0 spiro atoms. The Morgan fingerprint density at radius 3 is 2.02 bits per heavy atom. The summed E-state index contributed by atoms with van der Waals surface area (Å²) in [6, 6.07) is 59.5. The molecule has 12 rings (SSSR count). The van der Waals surface area contributed by atoms with E-state index < -0.39 is 0 Å². The number of ether oxygens (including phenoxy) is 1. The molecule has 4 heterocycles. The third-order valence-electron chi connectivity index (χ3n) is 12.1. The molecule has 0 unspecified atom stereocenters. The van der Waals surface area contributed by atoms with E-state index in [-0.39, 0.29) is 29.6 Å². The first-order valence-corrected chi connectivity index (χ1v) is 22.5. The van der Waals surface area contributed by atoms with Gasteiger partial charge >= 0.3 is 332 Å². The first-order chi connectivity index (χ1) is 33.5. The van der Waals surface area contributed by atoms with Crippen LogP contribution in [0.15, 0.2) is 193 Å². The number of rotatable bonds is 6. The fourth-order valence-electron chi connectivity index (χ4n) is 9.02. The molecule has 0 radical (unpaired) electrons. The van der Waals surface area contributed by atoms with Crippen LogP contribution >= 0.6 is 0 Å². The minimum absolute atomic E-state index is 0.132. The van der Waals surface area contributed by atoms with Crippen molar-refractivity contribution >= 4 is 60.3 Å². The van der Waals surface area contributed by atoms with Crippen LogP contribution < -0.4 is 4.74 Å². The van der Waals surface area contributed by atoms with Crippen LogP contribution in [0.4, 0.5) is 0 Å². The molecule has 0 saturated heterocycles. The average molecular weight is 1020 g/mol.